The third-order valence-corrected chi connectivity index (χ3v) is 5.06. The Kier molecular flexibility index (Phi) is 8.18. The van der Waals surface area contributed by atoms with Gasteiger partial charge in [0.1, 0.15) is 5.82 Å². The van der Waals surface area contributed by atoms with Crippen LogP contribution in [0, 0.1) is 12.8 Å². The van der Waals surface area contributed by atoms with Gasteiger partial charge in [0.15, 0.2) is 5.96 Å². The Balaban J connectivity index is 0.00000243. The summed E-state index contributed by atoms with van der Waals surface area (Å²) in [5.74, 6) is 3.01. The van der Waals surface area contributed by atoms with Crippen LogP contribution in [-0.4, -0.2) is 46.6 Å². The van der Waals surface area contributed by atoms with Crippen LogP contribution < -0.4 is 5.32 Å². The van der Waals surface area contributed by atoms with Gasteiger partial charge in [-0.3, -0.25) is 4.99 Å². The molecule has 1 aliphatic heterocycles. The summed E-state index contributed by atoms with van der Waals surface area (Å²) in [5, 5.41) is 3.46. The Labute approximate surface area is 174 Å². The SMILES string of the molecule is CCNC(=NCCCn1c(C)nc2ccccc21)N1CCC(C)CC1.I. The highest BCUT2D eigenvalue weighted by Gasteiger charge is 2.18. The van der Waals surface area contributed by atoms with E-state index < -0.39 is 0 Å². The van der Waals surface area contributed by atoms with Crippen molar-refractivity contribution >= 4 is 41.0 Å². The van der Waals surface area contributed by atoms with Gasteiger partial charge in [0.05, 0.1) is 11.0 Å². The maximum Gasteiger partial charge on any atom is 0.193 e. The molecule has 0 unspecified atom stereocenters. The number of fused-ring (bicyclic) bond motifs is 1. The van der Waals surface area contributed by atoms with Gasteiger partial charge >= 0.3 is 0 Å². The Morgan fingerprint density at radius 3 is 2.73 bits per heavy atom. The molecule has 26 heavy (non-hydrogen) atoms. The molecule has 0 amide bonds. The average Bonchev–Trinajstić information content (AvgIpc) is 2.94. The molecule has 2 aromatic rings. The van der Waals surface area contributed by atoms with Gasteiger partial charge in [-0.15, -0.1) is 24.0 Å². The highest BCUT2D eigenvalue weighted by molar-refractivity contribution is 14.0. The zero-order valence-corrected chi connectivity index (χ0v) is 18.6. The zero-order valence-electron chi connectivity index (χ0n) is 16.2. The van der Waals surface area contributed by atoms with Crippen LogP contribution >= 0.6 is 24.0 Å². The molecule has 0 bridgehead atoms. The molecule has 0 spiro atoms. The van der Waals surface area contributed by atoms with Crippen LogP contribution in [0.2, 0.25) is 0 Å². The van der Waals surface area contributed by atoms with E-state index in [1.54, 1.807) is 0 Å². The molecular formula is C20H32IN5. The molecule has 1 aromatic heterocycles. The summed E-state index contributed by atoms with van der Waals surface area (Å²) in [6.45, 7) is 11.6. The van der Waals surface area contributed by atoms with Gasteiger partial charge in [-0.25, -0.2) is 4.98 Å². The minimum absolute atomic E-state index is 0. The maximum atomic E-state index is 4.87. The number of para-hydroxylation sites is 2. The number of aryl methyl sites for hydroxylation is 2. The van der Waals surface area contributed by atoms with E-state index in [0.29, 0.717) is 0 Å². The molecule has 1 fully saturated rings. The van der Waals surface area contributed by atoms with Crippen molar-refractivity contribution in [1.82, 2.24) is 19.8 Å². The fourth-order valence-corrected chi connectivity index (χ4v) is 3.54. The average molecular weight is 469 g/mol. The van der Waals surface area contributed by atoms with Crippen molar-refractivity contribution in [2.24, 2.45) is 10.9 Å². The molecule has 6 heteroatoms. The highest BCUT2D eigenvalue weighted by Crippen LogP contribution is 2.17. The van der Waals surface area contributed by atoms with Crippen molar-refractivity contribution in [2.75, 3.05) is 26.2 Å². The summed E-state index contributed by atoms with van der Waals surface area (Å²) in [6.07, 6.45) is 3.57. The molecule has 0 atom stereocenters. The Bertz CT molecular complexity index is 716. The molecule has 2 heterocycles. The van der Waals surface area contributed by atoms with Crippen molar-refractivity contribution in [3.8, 4) is 0 Å². The summed E-state index contributed by atoms with van der Waals surface area (Å²) in [7, 11) is 0. The molecular weight excluding hydrogens is 437 g/mol. The van der Waals surface area contributed by atoms with Crippen LogP contribution in [0.1, 0.15) is 38.9 Å². The number of aromatic nitrogens is 2. The first-order valence-electron chi connectivity index (χ1n) is 9.64. The molecule has 0 saturated carbocycles. The van der Waals surface area contributed by atoms with E-state index in [-0.39, 0.29) is 24.0 Å². The number of hydrogen-bond acceptors (Lipinski definition) is 2. The summed E-state index contributed by atoms with van der Waals surface area (Å²) in [4.78, 5) is 11.9. The molecule has 3 rings (SSSR count). The topological polar surface area (TPSA) is 45.5 Å². The number of imidazole rings is 1. The van der Waals surface area contributed by atoms with E-state index >= 15 is 0 Å². The van der Waals surface area contributed by atoms with Gasteiger partial charge in [0, 0.05) is 32.7 Å². The monoisotopic (exact) mass is 469 g/mol. The molecule has 144 valence electrons. The minimum atomic E-state index is 0. The van der Waals surface area contributed by atoms with Crippen molar-refractivity contribution in [3.63, 3.8) is 0 Å². The van der Waals surface area contributed by atoms with Gasteiger partial charge in [0.25, 0.3) is 0 Å². The van der Waals surface area contributed by atoms with E-state index in [2.05, 4.69) is 58.7 Å². The number of guanidine groups is 1. The van der Waals surface area contributed by atoms with Gasteiger partial charge in [-0.1, -0.05) is 19.1 Å². The summed E-state index contributed by atoms with van der Waals surface area (Å²) in [6, 6.07) is 8.36. The standard InChI is InChI=1S/C20H31N5.HI/c1-4-21-20(24-14-10-16(2)11-15-24)22-12-7-13-25-17(3)23-18-8-5-6-9-19(18)25;/h5-6,8-9,16H,4,7,10-15H2,1-3H3,(H,21,22);1H. The summed E-state index contributed by atoms with van der Waals surface area (Å²) < 4.78 is 2.31. The Morgan fingerprint density at radius 1 is 1.27 bits per heavy atom. The van der Waals surface area contributed by atoms with Gasteiger partial charge in [0.2, 0.25) is 0 Å². The van der Waals surface area contributed by atoms with E-state index in [1.165, 1.54) is 18.4 Å². The lowest BCUT2D eigenvalue weighted by Crippen LogP contribution is -2.45. The van der Waals surface area contributed by atoms with Crippen LogP contribution in [-0.2, 0) is 6.54 Å². The second-order valence-electron chi connectivity index (χ2n) is 7.06. The molecule has 1 N–H and O–H groups in total. The predicted molar refractivity (Wildman–Crippen MR) is 120 cm³/mol. The number of aliphatic imine (C=N–C) groups is 1. The Hall–Kier alpha value is -1.31. The molecule has 0 radical (unpaired) electrons. The van der Waals surface area contributed by atoms with E-state index in [1.807, 2.05) is 6.07 Å². The third-order valence-electron chi connectivity index (χ3n) is 5.06. The molecule has 5 nitrogen and oxygen atoms in total. The van der Waals surface area contributed by atoms with Gasteiger partial charge in [-0.05, 0) is 51.2 Å². The number of nitrogens with zero attached hydrogens (tertiary/aromatic N) is 4. The number of hydrogen-bond donors (Lipinski definition) is 1. The fourth-order valence-electron chi connectivity index (χ4n) is 3.54. The number of piperidine rings is 1. The van der Waals surface area contributed by atoms with Crippen LogP contribution in [0.5, 0.6) is 0 Å². The lowest BCUT2D eigenvalue weighted by molar-refractivity contribution is 0.273. The largest absolute Gasteiger partial charge is 0.357 e. The van der Waals surface area contributed by atoms with Crippen LogP contribution in [0.15, 0.2) is 29.3 Å². The lowest BCUT2D eigenvalue weighted by atomic mass is 10.00. The first kappa shape index (κ1) is 21.0. The smallest absolute Gasteiger partial charge is 0.193 e. The van der Waals surface area contributed by atoms with Crippen molar-refractivity contribution < 1.29 is 0 Å². The predicted octanol–water partition coefficient (Wildman–Crippen LogP) is 4.05. The molecule has 0 aliphatic carbocycles. The number of nitrogens with one attached hydrogen (secondary N) is 1. The second-order valence-corrected chi connectivity index (χ2v) is 7.06. The number of benzene rings is 1. The van der Waals surface area contributed by atoms with Gasteiger partial charge in [-0.2, -0.15) is 0 Å². The van der Waals surface area contributed by atoms with Crippen LogP contribution in [0.25, 0.3) is 11.0 Å². The molecule has 1 aromatic carbocycles. The number of rotatable bonds is 5. The van der Waals surface area contributed by atoms with Crippen LogP contribution in [0.4, 0.5) is 0 Å². The first-order chi connectivity index (χ1) is 12.2. The number of halogens is 1. The lowest BCUT2D eigenvalue weighted by Gasteiger charge is -2.33. The first-order valence-corrected chi connectivity index (χ1v) is 9.64. The summed E-state index contributed by atoms with van der Waals surface area (Å²) >= 11 is 0. The highest BCUT2D eigenvalue weighted by atomic mass is 127. The fraction of sp³-hybridized carbons (Fsp3) is 0.600. The normalized spacial score (nSPS) is 16.0. The van der Waals surface area contributed by atoms with Crippen LogP contribution in [0.3, 0.4) is 0 Å². The van der Waals surface area contributed by atoms with Crippen molar-refractivity contribution in [3.05, 3.63) is 30.1 Å². The second kappa shape index (κ2) is 10.1. The quantitative estimate of drug-likeness (QED) is 0.311. The number of likely N-dealkylation sites (tertiary alicyclic amines) is 1. The van der Waals surface area contributed by atoms with E-state index in [4.69, 9.17) is 4.99 Å². The minimum Gasteiger partial charge on any atom is -0.357 e. The maximum absolute atomic E-state index is 4.87. The summed E-state index contributed by atoms with van der Waals surface area (Å²) in [5.41, 5.74) is 2.31. The van der Waals surface area contributed by atoms with Crippen molar-refractivity contribution in [2.45, 2.75) is 46.6 Å². The Morgan fingerprint density at radius 2 is 2.00 bits per heavy atom. The van der Waals surface area contributed by atoms with Gasteiger partial charge < -0.3 is 14.8 Å². The van der Waals surface area contributed by atoms with E-state index in [0.717, 1.165) is 62.4 Å². The third kappa shape index (κ3) is 5.11. The molecule has 1 saturated heterocycles. The van der Waals surface area contributed by atoms with Crippen molar-refractivity contribution in [1.29, 1.82) is 0 Å². The van der Waals surface area contributed by atoms with E-state index in [9.17, 15) is 0 Å². The zero-order chi connectivity index (χ0) is 17.6. The molecule has 1 aliphatic rings.